The van der Waals surface area contributed by atoms with E-state index in [1.807, 2.05) is 26.0 Å². The molecule has 1 aliphatic heterocycles. The van der Waals surface area contributed by atoms with Gasteiger partial charge in [0.05, 0.1) is 12.0 Å². The third-order valence-electron chi connectivity index (χ3n) is 4.11. The molecular weight excluding hydrogens is 228 g/mol. The van der Waals surface area contributed by atoms with Gasteiger partial charge in [0.1, 0.15) is 6.10 Å². The zero-order valence-electron chi connectivity index (χ0n) is 10.6. The number of allylic oxidation sites excluding steroid dienone is 3. The van der Waals surface area contributed by atoms with E-state index in [4.69, 9.17) is 4.74 Å². The number of carbonyl (C=O) groups excluding carboxylic acids is 1. The van der Waals surface area contributed by atoms with Crippen molar-refractivity contribution < 1.29 is 14.6 Å². The maximum Gasteiger partial charge on any atom is 0.334 e. The average molecular weight is 244 g/mol. The third kappa shape index (κ3) is 1.37. The van der Waals surface area contributed by atoms with Crippen molar-refractivity contribution in [2.45, 2.75) is 32.5 Å². The quantitative estimate of drug-likeness (QED) is 0.524. The number of aliphatic hydroxyl groups is 1. The van der Waals surface area contributed by atoms with Crippen LogP contribution in [0.3, 0.4) is 0 Å². The number of ether oxygens (including phenoxy) is 1. The Balaban J connectivity index is 2.17. The second-order valence-electron chi connectivity index (χ2n) is 5.27. The Hall–Kier alpha value is -1.61. The Morgan fingerprint density at radius 1 is 1.39 bits per heavy atom. The van der Waals surface area contributed by atoms with Gasteiger partial charge in [-0.15, -0.1) is 0 Å². The molecule has 0 bridgehead atoms. The Morgan fingerprint density at radius 2 is 2.11 bits per heavy atom. The first-order valence-electron chi connectivity index (χ1n) is 6.17. The standard InChI is InChI=1S/C15H16O3/c1-7-4-5-10-8(2)6-11(16)13-9(3)15(17)18-14(13)12(7)10/h4-5,11,13-14,16H,3,6H2,1-2H3/t11-,13-,14+/m0/s1. The highest BCUT2D eigenvalue weighted by Crippen LogP contribution is 2.45. The summed E-state index contributed by atoms with van der Waals surface area (Å²) in [4.78, 5) is 11.7. The molecule has 0 aromatic rings. The first-order chi connectivity index (χ1) is 8.50. The molecule has 18 heavy (non-hydrogen) atoms. The Morgan fingerprint density at radius 3 is 2.83 bits per heavy atom. The molecule has 0 amide bonds. The molecular formula is C15H16O3. The number of hydrogen-bond donors (Lipinski definition) is 1. The third-order valence-corrected chi connectivity index (χ3v) is 4.11. The smallest absolute Gasteiger partial charge is 0.334 e. The first-order valence-corrected chi connectivity index (χ1v) is 6.17. The van der Waals surface area contributed by atoms with E-state index in [9.17, 15) is 9.90 Å². The van der Waals surface area contributed by atoms with E-state index < -0.39 is 6.10 Å². The van der Waals surface area contributed by atoms with Gasteiger partial charge < -0.3 is 9.84 Å². The maximum absolute atomic E-state index is 11.7. The van der Waals surface area contributed by atoms with Gasteiger partial charge >= 0.3 is 5.97 Å². The molecule has 94 valence electrons. The predicted molar refractivity (Wildman–Crippen MR) is 67.7 cm³/mol. The van der Waals surface area contributed by atoms with Crippen LogP contribution in [0.4, 0.5) is 0 Å². The lowest BCUT2D eigenvalue weighted by molar-refractivity contribution is -0.137. The fraction of sp³-hybridized carbons (Fsp3) is 0.400. The van der Waals surface area contributed by atoms with Crippen LogP contribution in [-0.4, -0.2) is 23.3 Å². The summed E-state index contributed by atoms with van der Waals surface area (Å²) in [5.74, 6) is -0.690. The van der Waals surface area contributed by atoms with E-state index in [2.05, 4.69) is 6.58 Å². The summed E-state index contributed by atoms with van der Waals surface area (Å²) in [7, 11) is 0. The molecule has 1 heterocycles. The second-order valence-corrected chi connectivity index (χ2v) is 5.27. The van der Waals surface area contributed by atoms with E-state index >= 15 is 0 Å². The lowest BCUT2D eigenvalue weighted by Gasteiger charge is -2.21. The fourth-order valence-corrected chi connectivity index (χ4v) is 3.16. The summed E-state index contributed by atoms with van der Waals surface area (Å²) < 4.78 is 5.43. The van der Waals surface area contributed by atoms with Crippen molar-refractivity contribution in [1.29, 1.82) is 0 Å². The highest BCUT2D eigenvalue weighted by molar-refractivity contribution is 5.92. The van der Waals surface area contributed by atoms with Crippen LogP contribution in [0, 0.1) is 5.92 Å². The number of aliphatic hydroxyl groups excluding tert-OH is 1. The van der Waals surface area contributed by atoms with Crippen LogP contribution in [0.5, 0.6) is 0 Å². The Kier molecular flexibility index (Phi) is 2.35. The van der Waals surface area contributed by atoms with Crippen molar-refractivity contribution in [2.24, 2.45) is 5.92 Å². The highest BCUT2D eigenvalue weighted by atomic mass is 16.6. The molecule has 3 heteroatoms. The van der Waals surface area contributed by atoms with Crippen LogP contribution in [0.1, 0.15) is 20.3 Å². The molecule has 0 saturated carbocycles. The zero-order chi connectivity index (χ0) is 13.0. The molecule has 0 unspecified atom stereocenters. The van der Waals surface area contributed by atoms with Crippen LogP contribution >= 0.6 is 0 Å². The van der Waals surface area contributed by atoms with Gasteiger partial charge in [-0.25, -0.2) is 4.79 Å². The summed E-state index contributed by atoms with van der Waals surface area (Å²) in [5, 5.41) is 10.3. The van der Waals surface area contributed by atoms with Crippen LogP contribution in [0.15, 0.2) is 46.6 Å². The van der Waals surface area contributed by atoms with Gasteiger partial charge in [-0.2, -0.15) is 0 Å². The second kappa shape index (κ2) is 3.69. The number of fused-ring (bicyclic) bond motifs is 3. The van der Waals surface area contributed by atoms with Crippen LogP contribution in [0.25, 0.3) is 0 Å². The molecule has 0 spiro atoms. The van der Waals surface area contributed by atoms with E-state index in [-0.39, 0.29) is 18.0 Å². The molecule has 1 N–H and O–H groups in total. The monoisotopic (exact) mass is 244 g/mol. The molecule has 3 atom stereocenters. The fourth-order valence-electron chi connectivity index (χ4n) is 3.16. The van der Waals surface area contributed by atoms with E-state index in [0.29, 0.717) is 12.0 Å². The van der Waals surface area contributed by atoms with Gasteiger partial charge in [0.25, 0.3) is 0 Å². The van der Waals surface area contributed by atoms with Crippen molar-refractivity contribution in [3.8, 4) is 0 Å². The molecule has 3 rings (SSSR count). The highest BCUT2D eigenvalue weighted by Gasteiger charge is 2.47. The van der Waals surface area contributed by atoms with Gasteiger partial charge in [-0.05, 0) is 31.4 Å². The van der Waals surface area contributed by atoms with Gasteiger partial charge in [0.15, 0.2) is 0 Å². The Labute approximate surface area is 106 Å². The van der Waals surface area contributed by atoms with Crippen molar-refractivity contribution in [3.05, 3.63) is 46.6 Å². The summed E-state index contributed by atoms with van der Waals surface area (Å²) in [6.45, 7) is 7.81. The molecule has 3 nitrogen and oxygen atoms in total. The molecule has 0 aromatic carbocycles. The zero-order valence-corrected chi connectivity index (χ0v) is 10.6. The largest absolute Gasteiger partial charge is 0.453 e. The van der Waals surface area contributed by atoms with Gasteiger partial charge in [0, 0.05) is 11.1 Å². The lowest BCUT2D eigenvalue weighted by Crippen LogP contribution is -2.29. The van der Waals surface area contributed by atoms with Crippen LogP contribution in [0.2, 0.25) is 0 Å². The molecule has 1 saturated heterocycles. The van der Waals surface area contributed by atoms with Crippen molar-refractivity contribution in [1.82, 2.24) is 0 Å². The number of rotatable bonds is 0. The van der Waals surface area contributed by atoms with Gasteiger partial charge in [-0.1, -0.05) is 24.3 Å². The SMILES string of the molecule is C=C1C(=O)O[C@@H]2C3=C(C)C=CC3=C(C)C[C@H](O)[C@H]12. The predicted octanol–water partition coefficient (Wildman–Crippen LogP) is 2.05. The van der Waals surface area contributed by atoms with Crippen LogP contribution < -0.4 is 0 Å². The summed E-state index contributed by atoms with van der Waals surface area (Å²) in [6.07, 6.45) is 3.68. The average Bonchev–Trinajstić information content (AvgIpc) is 2.77. The number of carbonyl (C=O) groups is 1. The molecule has 3 aliphatic rings. The van der Waals surface area contributed by atoms with Crippen molar-refractivity contribution in [2.75, 3.05) is 0 Å². The summed E-state index contributed by atoms with van der Waals surface area (Å²) >= 11 is 0. The van der Waals surface area contributed by atoms with E-state index in [1.54, 1.807) is 0 Å². The topological polar surface area (TPSA) is 46.5 Å². The minimum absolute atomic E-state index is 0.310. The number of esters is 1. The van der Waals surface area contributed by atoms with Crippen LogP contribution in [-0.2, 0) is 9.53 Å². The van der Waals surface area contributed by atoms with Crippen molar-refractivity contribution in [3.63, 3.8) is 0 Å². The molecule has 1 fully saturated rings. The lowest BCUT2D eigenvalue weighted by atomic mass is 9.86. The van der Waals surface area contributed by atoms with E-state index in [0.717, 1.165) is 22.3 Å². The van der Waals surface area contributed by atoms with Gasteiger partial charge in [-0.3, -0.25) is 0 Å². The minimum Gasteiger partial charge on any atom is -0.453 e. The molecule has 0 aromatic heterocycles. The Bertz CT molecular complexity index is 548. The van der Waals surface area contributed by atoms with Crippen molar-refractivity contribution >= 4 is 5.97 Å². The molecule has 0 radical (unpaired) electrons. The molecule has 2 aliphatic carbocycles. The maximum atomic E-state index is 11.7. The summed E-state index contributed by atoms with van der Waals surface area (Å²) in [6, 6.07) is 0. The summed E-state index contributed by atoms with van der Waals surface area (Å²) in [5.41, 5.74) is 4.80. The normalized spacial score (nSPS) is 34.7. The van der Waals surface area contributed by atoms with Gasteiger partial charge in [0.2, 0.25) is 0 Å². The number of hydrogen-bond acceptors (Lipinski definition) is 3. The first kappa shape index (κ1) is 11.5. The minimum atomic E-state index is -0.597. The van der Waals surface area contributed by atoms with E-state index in [1.165, 1.54) is 0 Å².